The maximum atomic E-state index is 5.95. The first kappa shape index (κ1) is 15.1. The van der Waals surface area contributed by atoms with Crippen LogP contribution in [0.25, 0.3) is 0 Å². The Morgan fingerprint density at radius 2 is 1.75 bits per heavy atom. The van der Waals surface area contributed by atoms with Crippen LogP contribution in [0.5, 0.6) is 0 Å². The molecule has 0 saturated carbocycles. The second-order valence-electron chi connectivity index (χ2n) is 5.04. The van der Waals surface area contributed by atoms with Crippen molar-refractivity contribution in [3.05, 3.63) is 70.2 Å². The summed E-state index contributed by atoms with van der Waals surface area (Å²) in [6, 6.07) is 17.4. The highest BCUT2D eigenvalue weighted by Crippen LogP contribution is 2.21. The van der Waals surface area contributed by atoms with Crippen molar-refractivity contribution in [2.75, 3.05) is 6.54 Å². The zero-order valence-corrected chi connectivity index (χ0v) is 13.0. The van der Waals surface area contributed by atoms with Gasteiger partial charge in [0.2, 0.25) is 0 Å². The number of benzene rings is 2. The van der Waals surface area contributed by atoms with Gasteiger partial charge in [0, 0.05) is 11.1 Å². The number of nitrogens with one attached hydrogen (secondary N) is 1. The Morgan fingerprint density at radius 1 is 1.00 bits per heavy atom. The molecule has 1 N–H and O–H groups in total. The Bertz CT molecular complexity index is 533. The van der Waals surface area contributed by atoms with Crippen LogP contribution in [0.4, 0.5) is 0 Å². The summed E-state index contributed by atoms with van der Waals surface area (Å²) in [5.74, 6) is 0. The molecule has 0 aliphatic carbocycles. The lowest BCUT2D eigenvalue weighted by Gasteiger charge is -2.19. The molecule has 0 fully saturated rings. The van der Waals surface area contributed by atoms with Crippen molar-refractivity contribution in [2.45, 2.75) is 32.7 Å². The van der Waals surface area contributed by atoms with Crippen molar-refractivity contribution in [3.8, 4) is 0 Å². The largest absolute Gasteiger partial charge is 0.310 e. The molecule has 0 spiro atoms. The average Bonchev–Trinajstić information content (AvgIpc) is 2.49. The summed E-state index contributed by atoms with van der Waals surface area (Å²) in [5, 5.41) is 4.37. The van der Waals surface area contributed by atoms with Crippen molar-refractivity contribution in [3.63, 3.8) is 0 Å². The summed E-state index contributed by atoms with van der Waals surface area (Å²) >= 11 is 5.95. The summed E-state index contributed by atoms with van der Waals surface area (Å²) in [6.45, 7) is 5.31. The maximum Gasteiger partial charge on any atom is 0.0406 e. The SMILES string of the molecule is CCNC(Cc1ccc(Cl)cc1)c1cccc(CC)c1. The smallest absolute Gasteiger partial charge is 0.0406 e. The van der Waals surface area contributed by atoms with Gasteiger partial charge in [-0.2, -0.15) is 0 Å². The topological polar surface area (TPSA) is 12.0 Å². The fourth-order valence-electron chi connectivity index (χ4n) is 2.44. The van der Waals surface area contributed by atoms with E-state index in [-0.39, 0.29) is 0 Å². The Kier molecular flexibility index (Phi) is 5.63. The Morgan fingerprint density at radius 3 is 2.40 bits per heavy atom. The summed E-state index contributed by atoms with van der Waals surface area (Å²) in [5.41, 5.74) is 4.06. The minimum absolute atomic E-state index is 0.354. The number of halogens is 1. The molecule has 0 radical (unpaired) electrons. The van der Waals surface area contributed by atoms with E-state index < -0.39 is 0 Å². The molecule has 0 bridgehead atoms. The molecule has 2 aromatic rings. The number of likely N-dealkylation sites (N-methyl/N-ethyl adjacent to an activating group) is 1. The summed E-state index contributed by atoms with van der Waals surface area (Å²) in [6.07, 6.45) is 2.06. The molecular weight excluding hydrogens is 266 g/mol. The van der Waals surface area contributed by atoms with Crippen molar-refractivity contribution in [1.82, 2.24) is 5.32 Å². The normalized spacial score (nSPS) is 12.3. The van der Waals surface area contributed by atoms with Gasteiger partial charge in [-0.05, 0) is 48.2 Å². The van der Waals surface area contributed by atoms with E-state index in [1.807, 2.05) is 12.1 Å². The van der Waals surface area contributed by atoms with E-state index in [2.05, 4.69) is 55.6 Å². The average molecular weight is 288 g/mol. The van der Waals surface area contributed by atoms with Gasteiger partial charge in [0.15, 0.2) is 0 Å². The standard InChI is InChI=1S/C18H22ClN/c1-3-14-6-5-7-16(12-14)18(20-4-2)13-15-8-10-17(19)11-9-15/h5-12,18,20H,3-4,13H2,1-2H3. The highest BCUT2D eigenvalue weighted by Gasteiger charge is 2.11. The zero-order chi connectivity index (χ0) is 14.4. The molecule has 20 heavy (non-hydrogen) atoms. The Labute approximate surface area is 127 Å². The molecule has 2 aromatic carbocycles. The van der Waals surface area contributed by atoms with E-state index in [9.17, 15) is 0 Å². The van der Waals surface area contributed by atoms with Crippen molar-refractivity contribution in [2.24, 2.45) is 0 Å². The lowest BCUT2D eigenvalue weighted by Crippen LogP contribution is -2.23. The van der Waals surface area contributed by atoms with Gasteiger partial charge >= 0.3 is 0 Å². The van der Waals surface area contributed by atoms with Crippen LogP contribution < -0.4 is 5.32 Å². The Balaban J connectivity index is 2.19. The molecule has 1 atom stereocenters. The van der Waals surface area contributed by atoms with E-state index in [4.69, 9.17) is 11.6 Å². The lowest BCUT2D eigenvalue weighted by atomic mass is 9.97. The van der Waals surface area contributed by atoms with Crippen LogP contribution in [0, 0.1) is 0 Å². The highest BCUT2D eigenvalue weighted by atomic mass is 35.5. The van der Waals surface area contributed by atoms with Crippen LogP contribution in [-0.4, -0.2) is 6.54 Å². The van der Waals surface area contributed by atoms with Crippen molar-refractivity contribution < 1.29 is 0 Å². The van der Waals surface area contributed by atoms with Crippen LogP contribution in [0.3, 0.4) is 0 Å². The van der Waals surface area contributed by atoms with E-state index in [1.54, 1.807) is 0 Å². The summed E-state index contributed by atoms with van der Waals surface area (Å²) < 4.78 is 0. The molecule has 0 amide bonds. The summed E-state index contributed by atoms with van der Waals surface area (Å²) in [4.78, 5) is 0. The van der Waals surface area contributed by atoms with Gasteiger partial charge in [-0.15, -0.1) is 0 Å². The van der Waals surface area contributed by atoms with Crippen LogP contribution in [0.2, 0.25) is 5.02 Å². The molecule has 1 unspecified atom stereocenters. The van der Waals surface area contributed by atoms with Crippen LogP contribution >= 0.6 is 11.6 Å². The van der Waals surface area contributed by atoms with Gasteiger partial charge < -0.3 is 5.32 Å². The first-order valence-corrected chi connectivity index (χ1v) is 7.67. The number of hydrogen-bond acceptors (Lipinski definition) is 1. The van der Waals surface area contributed by atoms with Crippen LogP contribution in [0.1, 0.15) is 36.6 Å². The van der Waals surface area contributed by atoms with Crippen molar-refractivity contribution >= 4 is 11.6 Å². The summed E-state index contributed by atoms with van der Waals surface area (Å²) in [7, 11) is 0. The molecule has 106 valence electrons. The fourth-order valence-corrected chi connectivity index (χ4v) is 2.57. The van der Waals surface area contributed by atoms with Gasteiger partial charge in [0.05, 0.1) is 0 Å². The van der Waals surface area contributed by atoms with E-state index in [1.165, 1.54) is 16.7 Å². The quantitative estimate of drug-likeness (QED) is 0.805. The van der Waals surface area contributed by atoms with Gasteiger partial charge in [-0.25, -0.2) is 0 Å². The fraction of sp³-hybridized carbons (Fsp3) is 0.333. The zero-order valence-electron chi connectivity index (χ0n) is 12.2. The first-order valence-electron chi connectivity index (χ1n) is 7.29. The van der Waals surface area contributed by atoms with E-state index in [0.717, 1.165) is 24.4 Å². The maximum absolute atomic E-state index is 5.95. The second-order valence-corrected chi connectivity index (χ2v) is 5.48. The van der Waals surface area contributed by atoms with Gasteiger partial charge in [-0.3, -0.25) is 0 Å². The molecule has 2 rings (SSSR count). The third kappa shape index (κ3) is 4.09. The molecule has 1 nitrogen and oxygen atoms in total. The first-order chi connectivity index (χ1) is 9.72. The molecule has 0 aliphatic rings. The highest BCUT2D eigenvalue weighted by molar-refractivity contribution is 6.30. The number of rotatable bonds is 6. The van der Waals surface area contributed by atoms with Gasteiger partial charge in [0.1, 0.15) is 0 Å². The predicted molar refractivity (Wildman–Crippen MR) is 87.4 cm³/mol. The molecule has 0 heterocycles. The molecular formula is C18H22ClN. The molecule has 0 saturated heterocycles. The van der Waals surface area contributed by atoms with Crippen molar-refractivity contribution in [1.29, 1.82) is 0 Å². The monoisotopic (exact) mass is 287 g/mol. The molecule has 0 aromatic heterocycles. The van der Waals surface area contributed by atoms with Gasteiger partial charge in [0.25, 0.3) is 0 Å². The second kappa shape index (κ2) is 7.47. The number of aryl methyl sites for hydroxylation is 1. The Hall–Kier alpha value is -1.31. The van der Waals surface area contributed by atoms with Gasteiger partial charge in [-0.1, -0.05) is 61.8 Å². The lowest BCUT2D eigenvalue weighted by molar-refractivity contribution is 0.549. The predicted octanol–water partition coefficient (Wildman–Crippen LogP) is 4.80. The minimum Gasteiger partial charge on any atom is -0.310 e. The molecule has 2 heteroatoms. The van der Waals surface area contributed by atoms with E-state index >= 15 is 0 Å². The van der Waals surface area contributed by atoms with E-state index in [0.29, 0.717) is 6.04 Å². The third-order valence-corrected chi connectivity index (χ3v) is 3.82. The number of hydrogen-bond donors (Lipinski definition) is 1. The minimum atomic E-state index is 0.354. The third-order valence-electron chi connectivity index (χ3n) is 3.57. The van der Waals surface area contributed by atoms with Crippen LogP contribution in [-0.2, 0) is 12.8 Å². The van der Waals surface area contributed by atoms with Crippen LogP contribution in [0.15, 0.2) is 48.5 Å². The molecule has 0 aliphatic heterocycles.